The Morgan fingerprint density at radius 2 is 1.43 bits per heavy atom. The summed E-state index contributed by atoms with van der Waals surface area (Å²) in [7, 11) is 0. The Hall–Kier alpha value is -2.74. The fourth-order valence-corrected chi connectivity index (χ4v) is 4.28. The molecule has 8 heteroatoms. The summed E-state index contributed by atoms with van der Waals surface area (Å²) in [5.74, 6) is 0.124. The molecule has 8 nitrogen and oxygen atoms in total. The SMILES string of the molecule is O=C(CN1CCN(C(=O)Cn2c(=O)cnc3ccccc32)CC1)N1CCCCCC1. The number of hydrogen-bond donors (Lipinski definition) is 0. The summed E-state index contributed by atoms with van der Waals surface area (Å²) in [5.41, 5.74) is 1.09. The zero-order valence-corrected chi connectivity index (χ0v) is 17.3. The molecule has 0 N–H and O–H groups in total. The average Bonchev–Trinajstić information content (AvgIpc) is 3.06. The maximum Gasteiger partial charge on any atom is 0.269 e. The first kappa shape index (κ1) is 20.5. The molecule has 2 saturated heterocycles. The van der Waals surface area contributed by atoms with E-state index >= 15 is 0 Å². The van der Waals surface area contributed by atoms with Gasteiger partial charge in [-0.05, 0) is 25.0 Å². The zero-order chi connectivity index (χ0) is 20.9. The number of piperazine rings is 1. The topological polar surface area (TPSA) is 78.8 Å². The summed E-state index contributed by atoms with van der Waals surface area (Å²) in [6, 6.07) is 7.34. The van der Waals surface area contributed by atoms with E-state index in [2.05, 4.69) is 9.88 Å². The molecule has 1 aromatic heterocycles. The van der Waals surface area contributed by atoms with Crippen LogP contribution in [0, 0.1) is 0 Å². The van der Waals surface area contributed by atoms with Gasteiger partial charge in [0, 0.05) is 39.3 Å². The van der Waals surface area contributed by atoms with Crippen LogP contribution in [0.15, 0.2) is 35.3 Å². The molecule has 0 spiro atoms. The minimum absolute atomic E-state index is 0.00851. The number of aromatic nitrogens is 2. The van der Waals surface area contributed by atoms with Gasteiger partial charge in [-0.2, -0.15) is 0 Å². The Kier molecular flexibility index (Phi) is 6.42. The number of hydrogen-bond acceptors (Lipinski definition) is 5. The van der Waals surface area contributed by atoms with E-state index in [1.54, 1.807) is 4.90 Å². The van der Waals surface area contributed by atoms with Crippen LogP contribution < -0.4 is 5.56 Å². The van der Waals surface area contributed by atoms with Crippen LogP contribution in [0.5, 0.6) is 0 Å². The number of fused-ring (bicyclic) bond motifs is 1. The minimum Gasteiger partial charge on any atom is -0.342 e. The molecule has 2 aromatic rings. The van der Waals surface area contributed by atoms with Crippen LogP contribution in [0.4, 0.5) is 0 Å². The van der Waals surface area contributed by atoms with Crippen LogP contribution in [0.25, 0.3) is 11.0 Å². The summed E-state index contributed by atoms with van der Waals surface area (Å²) in [6.45, 7) is 4.67. The van der Waals surface area contributed by atoms with Gasteiger partial charge in [0.1, 0.15) is 6.54 Å². The van der Waals surface area contributed by atoms with Crippen LogP contribution in [0.3, 0.4) is 0 Å². The van der Waals surface area contributed by atoms with Crippen LogP contribution in [0.2, 0.25) is 0 Å². The van der Waals surface area contributed by atoms with Gasteiger partial charge in [-0.15, -0.1) is 0 Å². The molecule has 0 aliphatic carbocycles. The number of amides is 2. The first-order valence-corrected chi connectivity index (χ1v) is 10.8. The number of carbonyl (C=O) groups excluding carboxylic acids is 2. The molecular formula is C22H29N5O3. The number of likely N-dealkylation sites (tertiary alicyclic amines) is 1. The molecule has 160 valence electrons. The second-order valence-corrected chi connectivity index (χ2v) is 8.12. The van der Waals surface area contributed by atoms with Crippen molar-refractivity contribution in [1.29, 1.82) is 0 Å². The second-order valence-electron chi connectivity index (χ2n) is 8.12. The van der Waals surface area contributed by atoms with E-state index in [1.807, 2.05) is 29.2 Å². The average molecular weight is 412 g/mol. The van der Waals surface area contributed by atoms with E-state index in [-0.39, 0.29) is 23.9 Å². The van der Waals surface area contributed by atoms with Crippen molar-refractivity contribution in [3.05, 3.63) is 40.8 Å². The highest BCUT2D eigenvalue weighted by atomic mass is 16.2. The largest absolute Gasteiger partial charge is 0.342 e. The van der Waals surface area contributed by atoms with Crippen LogP contribution in [0.1, 0.15) is 25.7 Å². The molecule has 0 bridgehead atoms. The van der Waals surface area contributed by atoms with Crippen molar-refractivity contribution < 1.29 is 9.59 Å². The lowest BCUT2D eigenvalue weighted by atomic mass is 10.2. The lowest BCUT2D eigenvalue weighted by molar-refractivity contribution is -0.135. The molecule has 0 radical (unpaired) electrons. The smallest absolute Gasteiger partial charge is 0.269 e. The maximum absolute atomic E-state index is 12.8. The van der Waals surface area contributed by atoms with Gasteiger partial charge in [-0.3, -0.25) is 23.9 Å². The van der Waals surface area contributed by atoms with Gasteiger partial charge in [0.05, 0.1) is 23.8 Å². The van der Waals surface area contributed by atoms with Crippen molar-refractivity contribution in [2.45, 2.75) is 32.2 Å². The van der Waals surface area contributed by atoms with E-state index in [0.29, 0.717) is 43.8 Å². The second kappa shape index (κ2) is 9.38. The molecule has 3 heterocycles. The normalized spacial score (nSPS) is 18.4. The molecule has 0 unspecified atom stereocenters. The van der Waals surface area contributed by atoms with Crippen LogP contribution in [-0.2, 0) is 16.1 Å². The lowest BCUT2D eigenvalue weighted by Gasteiger charge is -2.35. The molecule has 30 heavy (non-hydrogen) atoms. The molecule has 2 amide bonds. The Morgan fingerprint density at radius 3 is 2.17 bits per heavy atom. The first-order valence-electron chi connectivity index (χ1n) is 10.8. The quantitative estimate of drug-likeness (QED) is 0.748. The van der Waals surface area contributed by atoms with Crippen molar-refractivity contribution in [2.24, 2.45) is 0 Å². The Bertz CT molecular complexity index is 957. The van der Waals surface area contributed by atoms with Gasteiger partial charge in [0.2, 0.25) is 11.8 Å². The zero-order valence-electron chi connectivity index (χ0n) is 17.3. The van der Waals surface area contributed by atoms with Crippen molar-refractivity contribution in [1.82, 2.24) is 24.3 Å². The molecule has 0 atom stereocenters. The van der Waals surface area contributed by atoms with E-state index in [9.17, 15) is 14.4 Å². The van der Waals surface area contributed by atoms with Gasteiger partial charge in [0.15, 0.2) is 0 Å². The lowest BCUT2D eigenvalue weighted by Crippen LogP contribution is -2.52. The summed E-state index contributed by atoms with van der Waals surface area (Å²) in [4.78, 5) is 47.8. The van der Waals surface area contributed by atoms with Gasteiger partial charge in [-0.25, -0.2) is 4.98 Å². The molecule has 0 saturated carbocycles. The Morgan fingerprint density at radius 1 is 0.800 bits per heavy atom. The maximum atomic E-state index is 12.8. The van der Waals surface area contributed by atoms with E-state index in [1.165, 1.54) is 23.6 Å². The van der Waals surface area contributed by atoms with Crippen molar-refractivity contribution >= 4 is 22.8 Å². The molecule has 2 fully saturated rings. The third-order valence-electron chi connectivity index (χ3n) is 6.09. The van der Waals surface area contributed by atoms with E-state index in [4.69, 9.17) is 0 Å². The number of benzene rings is 1. The predicted molar refractivity (Wildman–Crippen MR) is 114 cm³/mol. The number of rotatable bonds is 4. The summed E-state index contributed by atoms with van der Waals surface area (Å²) < 4.78 is 1.49. The highest BCUT2D eigenvalue weighted by Crippen LogP contribution is 2.12. The Balaban J connectivity index is 1.32. The fraction of sp³-hybridized carbons (Fsp3) is 0.545. The monoisotopic (exact) mass is 411 g/mol. The summed E-state index contributed by atoms with van der Waals surface area (Å²) >= 11 is 0. The molecular weight excluding hydrogens is 382 g/mol. The van der Waals surface area contributed by atoms with E-state index in [0.717, 1.165) is 25.9 Å². The number of nitrogens with zero attached hydrogens (tertiary/aromatic N) is 5. The van der Waals surface area contributed by atoms with Crippen molar-refractivity contribution in [3.63, 3.8) is 0 Å². The fourth-order valence-electron chi connectivity index (χ4n) is 4.28. The molecule has 2 aliphatic heterocycles. The minimum atomic E-state index is -0.274. The van der Waals surface area contributed by atoms with Crippen molar-refractivity contribution in [2.75, 3.05) is 45.8 Å². The highest BCUT2D eigenvalue weighted by Gasteiger charge is 2.25. The molecule has 2 aliphatic rings. The van der Waals surface area contributed by atoms with Gasteiger partial charge in [-0.1, -0.05) is 25.0 Å². The highest BCUT2D eigenvalue weighted by molar-refractivity contribution is 5.80. The van der Waals surface area contributed by atoms with E-state index < -0.39 is 0 Å². The van der Waals surface area contributed by atoms with Gasteiger partial charge >= 0.3 is 0 Å². The number of para-hydroxylation sites is 2. The van der Waals surface area contributed by atoms with Crippen molar-refractivity contribution in [3.8, 4) is 0 Å². The van der Waals surface area contributed by atoms with Gasteiger partial charge in [0.25, 0.3) is 5.56 Å². The summed E-state index contributed by atoms with van der Waals surface area (Å²) in [6.07, 6.45) is 5.87. The Labute approximate surface area is 176 Å². The van der Waals surface area contributed by atoms with Gasteiger partial charge < -0.3 is 9.80 Å². The first-order chi connectivity index (χ1) is 14.6. The third kappa shape index (κ3) is 4.70. The predicted octanol–water partition coefficient (Wildman–Crippen LogP) is 0.943. The molecule has 4 rings (SSSR count). The van der Waals surface area contributed by atoms with Crippen LogP contribution >= 0.6 is 0 Å². The van der Waals surface area contributed by atoms with Crippen LogP contribution in [-0.4, -0.2) is 81.9 Å². The standard InChI is InChI=1S/C22H29N5O3/c28-20-15-23-18-7-3-4-8-19(18)27(20)17-22(30)26-13-11-24(12-14-26)16-21(29)25-9-5-1-2-6-10-25/h3-4,7-8,15H,1-2,5-6,9-14,16-17H2. The summed E-state index contributed by atoms with van der Waals surface area (Å²) in [5, 5.41) is 0. The third-order valence-corrected chi connectivity index (χ3v) is 6.09. The molecule has 1 aromatic carbocycles. The number of carbonyl (C=O) groups is 2.